The van der Waals surface area contributed by atoms with Gasteiger partial charge in [-0.05, 0) is 6.92 Å². The van der Waals surface area contributed by atoms with Gasteiger partial charge in [-0.15, -0.1) is 25.6 Å². The Kier molecular flexibility index (Phi) is 4.38. The molecule has 1 unspecified atom stereocenters. The van der Waals surface area contributed by atoms with Gasteiger partial charge >= 0.3 is 5.09 Å². The standard InChI is InChI=1S/C3H8N2O6/c1-2(6)3(7)4-10-11-5(8)9/h2-4,6-7H,1H3/t2?,3-/m0/s1. The zero-order valence-corrected chi connectivity index (χ0v) is 5.63. The van der Waals surface area contributed by atoms with E-state index in [1.54, 1.807) is 5.48 Å². The van der Waals surface area contributed by atoms with Crippen molar-refractivity contribution in [3.63, 3.8) is 0 Å². The summed E-state index contributed by atoms with van der Waals surface area (Å²) in [4.78, 5) is 16.4. The molecule has 0 saturated heterocycles. The monoisotopic (exact) mass is 168 g/mol. The predicted octanol–water partition coefficient (Wildman–Crippen LogP) is -1.67. The van der Waals surface area contributed by atoms with Gasteiger partial charge in [0.05, 0.1) is 6.10 Å². The Morgan fingerprint density at radius 1 is 1.64 bits per heavy atom. The van der Waals surface area contributed by atoms with Gasteiger partial charge in [0, 0.05) is 0 Å². The first kappa shape index (κ1) is 10.0. The smallest absolute Gasteiger partial charge is 0.323 e. The van der Waals surface area contributed by atoms with Crippen LogP contribution in [0.25, 0.3) is 0 Å². The molecule has 0 amide bonds. The molecule has 0 fully saturated rings. The van der Waals surface area contributed by atoms with Crippen LogP contribution in [0, 0.1) is 10.1 Å². The summed E-state index contributed by atoms with van der Waals surface area (Å²) in [5.41, 5.74) is 1.66. The largest absolute Gasteiger partial charge is 0.389 e. The fourth-order valence-corrected chi connectivity index (χ4v) is 0.200. The van der Waals surface area contributed by atoms with E-state index in [0.29, 0.717) is 0 Å². The molecule has 0 spiro atoms. The number of hydrogen-bond donors (Lipinski definition) is 3. The number of aliphatic hydroxyl groups is 2. The highest BCUT2D eigenvalue weighted by Crippen LogP contribution is 1.86. The zero-order chi connectivity index (χ0) is 8.85. The third kappa shape index (κ3) is 5.48. The summed E-state index contributed by atoms with van der Waals surface area (Å²) in [7, 11) is 0. The number of rotatable bonds is 5. The van der Waals surface area contributed by atoms with Crippen LogP contribution < -0.4 is 5.48 Å². The molecule has 0 aliphatic carbocycles. The maximum Gasteiger partial charge on any atom is 0.323 e. The summed E-state index contributed by atoms with van der Waals surface area (Å²) in [6.45, 7) is 1.26. The van der Waals surface area contributed by atoms with E-state index in [1.165, 1.54) is 6.92 Å². The molecule has 3 N–H and O–H groups in total. The highest BCUT2D eigenvalue weighted by Gasteiger charge is 2.10. The molecule has 0 aromatic rings. The van der Waals surface area contributed by atoms with E-state index >= 15 is 0 Å². The van der Waals surface area contributed by atoms with Crippen LogP contribution in [0.5, 0.6) is 0 Å². The van der Waals surface area contributed by atoms with Gasteiger partial charge in [-0.2, -0.15) is 0 Å². The molecule has 8 heteroatoms. The Labute approximate surface area is 61.3 Å². The predicted molar refractivity (Wildman–Crippen MR) is 30.0 cm³/mol. The number of hydroxylamine groups is 1. The van der Waals surface area contributed by atoms with Gasteiger partial charge in [0.15, 0.2) is 6.23 Å². The summed E-state index contributed by atoms with van der Waals surface area (Å²) in [6, 6.07) is 0. The van der Waals surface area contributed by atoms with Gasteiger partial charge in [-0.1, -0.05) is 0 Å². The van der Waals surface area contributed by atoms with Gasteiger partial charge in [0.1, 0.15) is 0 Å². The van der Waals surface area contributed by atoms with Crippen molar-refractivity contribution in [3.8, 4) is 0 Å². The second-order valence-electron chi connectivity index (χ2n) is 1.68. The maximum atomic E-state index is 9.42. The van der Waals surface area contributed by atoms with E-state index in [9.17, 15) is 10.1 Å². The van der Waals surface area contributed by atoms with E-state index < -0.39 is 17.4 Å². The molecule has 8 nitrogen and oxygen atoms in total. The summed E-state index contributed by atoms with van der Waals surface area (Å²) in [6.07, 6.45) is -2.56. The van der Waals surface area contributed by atoms with Crippen LogP contribution in [0.2, 0.25) is 0 Å². The first-order valence-corrected chi connectivity index (χ1v) is 2.63. The van der Waals surface area contributed by atoms with Crippen molar-refractivity contribution < 1.29 is 25.3 Å². The van der Waals surface area contributed by atoms with Crippen molar-refractivity contribution in [1.29, 1.82) is 0 Å². The Morgan fingerprint density at radius 2 is 2.18 bits per heavy atom. The quantitative estimate of drug-likeness (QED) is 0.194. The molecular formula is C3H8N2O6. The molecule has 2 atom stereocenters. The average molecular weight is 168 g/mol. The molecule has 0 aliphatic heterocycles. The zero-order valence-electron chi connectivity index (χ0n) is 5.63. The van der Waals surface area contributed by atoms with Crippen molar-refractivity contribution in [1.82, 2.24) is 5.48 Å². The molecule has 0 heterocycles. The third-order valence-electron chi connectivity index (χ3n) is 0.724. The average Bonchev–Trinajstić information content (AvgIpc) is 1.86. The highest BCUT2D eigenvalue weighted by molar-refractivity contribution is 4.50. The molecular weight excluding hydrogens is 160 g/mol. The van der Waals surface area contributed by atoms with E-state index in [-0.39, 0.29) is 0 Å². The van der Waals surface area contributed by atoms with Crippen molar-refractivity contribution in [2.75, 3.05) is 0 Å². The van der Waals surface area contributed by atoms with Gasteiger partial charge < -0.3 is 10.2 Å². The minimum Gasteiger partial charge on any atom is -0.389 e. The fourth-order valence-electron chi connectivity index (χ4n) is 0.200. The van der Waals surface area contributed by atoms with Gasteiger partial charge in [-0.3, -0.25) is 0 Å². The minimum absolute atomic E-state index is 1.12. The number of nitrogens with zero attached hydrogens (tertiary/aromatic N) is 1. The van der Waals surface area contributed by atoms with Gasteiger partial charge in [-0.25, -0.2) is 0 Å². The molecule has 0 saturated carbocycles. The van der Waals surface area contributed by atoms with Crippen LogP contribution in [-0.4, -0.2) is 27.6 Å². The lowest BCUT2D eigenvalue weighted by Gasteiger charge is -2.12. The van der Waals surface area contributed by atoms with Crippen molar-refractivity contribution >= 4 is 0 Å². The Morgan fingerprint density at radius 3 is 2.55 bits per heavy atom. The second-order valence-corrected chi connectivity index (χ2v) is 1.68. The lowest BCUT2D eigenvalue weighted by atomic mass is 10.4. The van der Waals surface area contributed by atoms with Crippen LogP contribution in [0.15, 0.2) is 0 Å². The first-order chi connectivity index (χ1) is 5.04. The van der Waals surface area contributed by atoms with E-state index in [4.69, 9.17) is 10.2 Å². The second kappa shape index (κ2) is 4.79. The summed E-state index contributed by atoms with van der Waals surface area (Å²) >= 11 is 0. The van der Waals surface area contributed by atoms with Gasteiger partial charge in [0.25, 0.3) is 0 Å². The maximum absolute atomic E-state index is 9.42. The summed E-state index contributed by atoms with van der Waals surface area (Å²) in [5.74, 6) is 0. The third-order valence-corrected chi connectivity index (χ3v) is 0.724. The molecule has 0 aliphatic rings. The topological polar surface area (TPSA) is 114 Å². The molecule has 66 valence electrons. The molecule has 0 aromatic heterocycles. The lowest BCUT2D eigenvalue weighted by Crippen LogP contribution is -2.38. The number of nitrogens with one attached hydrogen (secondary N) is 1. The van der Waals surface area contributed by atoms with Crippen LogP contribution in [0.1, 0.15) is 6.92 Å². The Bertz CT molecular complexity index is 127. The van der Waals surface area contributed by atoms with Crippen molar-refractivity contribution in [2.45, 2.75) is 19.3 Å². The van der Waals surface area contributed by atoms with Crippen LogP contribution >= 0.6 is 0 Å². The normalized spacial score (nSPS) is 15.5. The molecule has 0 bridgehead atoms. The van der Waals surface area contributed by atoms with E-state index in [1.807, 2.05) is 0 Å². The van der Waals surface area contributed by atoms with Crippen molar-refractivity contribution in [2.24, 2.45) is 0 Å². The fraction of sp³-hybridized carbons (Fsp3) is 1.00. The Hall–Kier alpha value is -0.960. The molecule has 0 radical (unpaired) electrons. The lowest BCUT2D eigenvalue weighted by molar-refractivity contribution is -0.859. The molecule has 11 heavy (non-hydrogen) atoms. The summed E-state index contributed by atoms with van der Waals surface area (Å²) < 4.78 is 0. The first-order valence-electron chi connectivity index (χ1n) is 2.63. The summed E-state index contributed by atoms with van der Waals surface area (Å²) in [5, 5.41) is 25.4. The Balaban J connectivity index is 3.31. The number of hydrogen-bond acceptors (Lipinski definition) is 7. The van der Waals surface area contributed by atoms with Gasteiger partial charge in [0.2, 0.25) is 0 Å². The van der Waals surface area contributed by atoms with E-state index in [0.717, 1.165) is 0 Å². The molecule has 0 rings (SSSR count). The number of aliphatic hydroxyl groups excluding tert-OH is 2. The van der Waals surface area contributed by atoms with E-state index in [2.05, 4.69) is 9.98 Å². The van der Waals surface area contributed by atoms with Crippen molar-refractivity contribution in [3.05, 3.63) is 10.1 Å². The minimum atomic E-state index is -1.44. The highest BCUT2D eigenvalue weighted by atomic mass is 17.4. The molecule has 0 aromatic carbocycles. The van der Waals surface area contributed by atoms with Crippen LogP contribution in [-0.2, 0) is 9.98 Å². The SMILES string of the molecule is CC(O)[C@H](O)NOO[N+](=O)[O-]. The van der Waals surface area contributed by atoms with Crippen LogP contribution in [0.3, 0.4) is 0 Å². The van der Waals surface area contributed by atoms with Crippen LogP contribution in [0.4, 0.5) is 0 Å².